The maximum Gasteiger partial charge on any atom is 0.333 e. The van der Waals surface area contributed by atoms with Gasteiger partial charge in [-0.1, -0.05) is 54.6 Å². The van der Waals surface area contributed by atoms with E-state index in [0.29, 0.717) is 0 Å². The van der Waals surface area contributed by atoms with E-state index in [1.807, 2.05) is 54.6 Å². The van der Waals surface area contributed by atoms with Crippen LogP contribution in [0.3, 0.4) is 0 Å². The van der Waals surface area contributed by atoms with Crippen LogP contribution in [0, 0.1) is 0 Å². The highest BCUT2D eigenvalue weighted by molar-refractivity contribution is 5.97. The van der Waals surface area contributed by atoms with E-state index in [1.165, 1.54) is 16.0 Å². The van der Waals surface area contributed by atoms with Crippen LogP contribution in [0.4, 0.5) is 0 Å². The van der Waals surface area contributed by atoms with Gasteiger partial charge >= 0.3 is 5.97 Å². The molecule has 0 bridgehead atoms. The van der Waals surface area contributed by atoms with E-state index >= 15 is 0 Å². The van der Waals surface area contributed by atoms with Gasteiger partial charge in [-0.15, -0.1) is 0 Å². The smallest absolute Gasteiger partial charge is 0.333 e. The predicted octanol–water partition coefficient (Wildman–Crippen LogP) is 1.37. The number of benzene rings is 2. The molecule has 10 heteroatoms. The summed E-state index contributed by atoms with van der Waals surface area (Å²) in [5.74, 6) is -2.41. The van der Waals surface area contributed by atoms with Crippen LogP contribution in [0.2, 0.25) is 0 Å². The molecular formula is C23H25N5O5. The summed E-state index contributed by atoms with van der Waals surface area (Å²) in [7, 11) is 3.14. The lowest BCUT2D eigenvalue weighted by Gasteiger charge is -2.24. The van der Waals surface area contributed by atoms with Crippen LogP contribution in [0.1, 0.15) is 26.5 Å². The number of H-pyrrole nitrogens is 1. The van der Waals surface area contributed by atoms with E-state index in [-0.39, 0.29) is 30.4 Å². The molecule has 1 atom stereocenters. The minimum Gasteiger partial charge on any atom is -0.479 e. The number of aromatic amines is 1. The summed E-state index contributed by atoms with van der Waals surface area (Å²) in [5.41, 5.74) is 5.50. The van der Waals surface area contributed by atoms with Crippen LogP contribution in [-0.2, 0) is 11.3 Å². The molecule has 1 heterocycles. The van der Waals surface area contributed by atoms with Crippen molar-refractivity contribution >= 4 is 17.8 Å². The molecule has 0 aliphatic heterocycles. The van der Waals surface area contributed by atoms with Crippen molar-refractivity contribution < 1.29 is 24.6 Å². The van der Waals surface area contributed by atoms with E-state index in [1.54, 1.807) is 14.1 Å². The lowest BCUT2D eigenvalue weighted by Crippen LogP contribution is -2.47. The molecule has 3 rings (SSSR count). The predicted molar refractivity (Wildman–Crippen MR) is 120 cm³/mol. The number of nitrogens with zero attached hydrogens (tertiary/aromatic N) is 3. The first kappa shape index (κ1) is 23.6. The molecule has 2 amide bonds. The van der Waals surface area contributed by atoms with Crippen LogP contribution in [0.5, 0.6) is 0 Å². The second-order valence-electron chi connectivity index (χ2n) is 7.60. The minimum absolute atomic E-state index is 0.0468. The van der Waals surface area contributed by atoms with E-state index in [4.69, 9.17) is 5.11 Å². The standard InChI is InChI=1S/C23H25N5O5/c1-27(2)22(31)19-12-18(24-25-19)21(30)26-28(14-20(29)23(32)33)13-15-8-10-17(11-9-15)16-6-4-3-5-7-16/h3-12,20,29H,13-14H2,1-2H3,(H,24,25)(H,26,30)(H,32,33). The summed E-state index contributed by atoms with van der Waals surface area (Å²) in [6.45, 7) is -0.214. The van der Waals surface area contributed by atoms with Gasteiger partial charge in [-0.05, 0) is 16.7 Å². The Balaban J connectivity index is 1.74. The summed E-state index contributed by atoms with van der Waals surface area (Å²) in [4.78, 5) is 37.1. The number of aliphatic hydroxyl groups excluding tert-OH is 1. The molecule has 2 aromatic carbocycles. The number of aromatic nitrogens is 2. The molecule has 0 aliphatic carbocycles. The van der Waals surface area contributed by atoms with Gasteiger partial charge in [0.25, 0.3) is 11.8 Å². The molecule has 0 spiro atoms. The van der Waals surface area contributed by atoms with Crippen molar-refractivity contribution in [2.75, 3.05) is 20.6 Å². The van der Waals surface area contributed by atoms with E-state index < -0.39 is 18.0 Å². The fourth-order valence-corrected chi connectivity index (χ4v) is 3.08. The maximum atomic E-state index is 12.7. The number of hydrazine groups is 1. The van der Waals surface area contributed by atoms with Crippen LogP contribution >= 0.6 is 0 Å². The second-order valence-corrected chi connectivity index (χ2v) is 7.60. The third-order valence-corrected chi connectivity index (χ3v) is 4.82. The van der Waals surface area contributed by atoms with Gasteiger partial charge in [0, 0.05) is 26.7 Å². The molecule has 3 aromatic rings. The van der Waals surface area contributed by atoms with Gasteiger partial charge < -0.3 is 15.1 Å². The largest absolute Gasteiger partial charge is 0.479 e. The van der Waals surface area contributed by atoms with Gasteiger partial charge in [0.1, 0.15) is 5.69 Å². The Bertz CT molecular complexity index is 1110. The second kappa shape index (κ2) is 10.5. The molecule has 172 valence electrons. The van der Waals surface area contributed by atoms with E-state index in [0.717, 1.165) is 16.7 Å². The van der Waals surface area contributed by atoms with Gasteiger partial charge in [0.15, 0.2) is 11.8 Å². The highest BCUT2D eigenvalue weighted by atomic mass is 16.4. The Labute approximate surface area is 190 Å². The first-order valence-corrected chi connectivity index (χ1v) is 10.1. The number of aliphatic carboxylic acids is 1. The summed E-state index contributed by atoms with van der Waals surface area (Å²) in [6, 6.07) is 18.7. The minimum atomic E-state index is -1.71. The lowest BCUT2D eigenvalue weighted by atomic mass is 10.0. The average molecular weight is 451 g/mol. The molecule has 4 N–H and O–H groups in total. The topological polar surface area (TPSA) is 139 Å². The Morgan fingerprint density at radius 2 is 1.67 bits per heavy atom. The van der Waals surface area contributed by atoms with Crippen molar-refractivity contribution in [3.05, 3.63) is 77.6 Å². The quantitative estimate of drug-likeness (QED) is 0.360. The number of nitrogens with one attached hydrogen (secondary N) is 2. The summed E-state index contributed by atoms with van der Waals surface area (Å²) >= 11 is 0. The Morgan fingerprint density at radius 3 is 2.27 bits per heavy atom. The highest BCUT2D eigenvalue weighted by Gasteiger charge is 2.22. The zero-order valence-corrected chi connectivity index (χ0v) is 18.2. The number of hydrogen-bond donors (Lipinski definition) is 4. The van der Waals surface area contributed by atoms with Crippen molar-refractivity contribution in [1.29, 1.82) is 0 Å². The van der Waals surface area contributed by atoms with Crippen LogP contribution in [0.15, 0.2) is 60.7 Å². The maximum absolute atomic E-state index is 12.7. The van der Waals surface area contributed by atoms with Crippen LogP contribution < -0.4 is 5.43 Å². The molecule has 1 aromatic heterocycles. The first-order valence-electron chi connectivity index (χ1n) is 10.1. The Hall–Kier alpha value is -4.02. The molecule has 0 saturated carbocycles. The Morgan fingerprint density at radius 1 is 1.03 bits per heavy atom. The average Bonchev–Trinajstić information content (AvgIpc) is 3.30. The molecular weight excluding hydrogens is 426 g/mol. The fourth-order valence-electron chi connectivity index (χ4n) is 3.08. The molecule has 1 unspecified atom stereocenters. The van der Waals surface area contributed by atoms with Gasteiger partial charge in [-0.25, -0.2) is 9.80 Å². The third-order valence-electron chi connectivity index (χ3n) is 4.82. The van der Waals surface area contributed by atoms with Crippen molar-refractivity contribution in [3.63, 3.8) is 0 Å². The number of hydrogen-bond acceptors (Lipinski definition) is 6. The lowest BCUT2D eigenvalue weighted by molar-refractivity contribution is -0.148. The number of carboxylic acid groups (broad SMARTS) is 1. The van der Waals surface area contributed by atoms with E-state index in [9.17, 15) is 19.5 Å². The zero-order chi connectivity index (χ0) is 24.0. The molecule has 0 radical (unpaired) electrons. The number of carbonyl (C=O) groups excluding carboxylic acids is 2. The van der Waals surface area contributed by atoms with Crippen molar-refractivity contribution in [2.24, 2.45) is 0 Å². The highest BCUT2D eigenvalue weighted by Crippen LogP contribution is 2.19. The van der Waals surface area contributed by atoms with Gasteiger partial charge in [-0.2, -0.15) is 5.10 Å². The summed E-state index contributed by atoms with van der Waals surface area (Å²) < 4.78 is 0. The van der Waals surface area contributed by atoms with Crippen molar-refractivity contribution in [2.45, 2.75) is 12.6 Å². The number of amides is 2. The SMILES string of the molecule is CN(C)C(=O)c1cc(C(=O)NN(Cc2ccc(-c3ccccc3)cc2)CC(O)C(=O)O)n[nH]1. The first-order chi connectivity index (χ1) is 15.7. The number of rotatable bonds is 9. The van der Waals surface area contributed by atoms with Crippen LogP contribution in [0.25, 0.3) is 11.1 Å². The molecule has 0 aliphatic rings. The van der Waals surface area contributed by atoms with Gasteiger partial charge in [0.2, 0.25) is 0 Å². The number of carbonyl (C=O) groups is 3. The third kappa shape index (κ3) is 6.25. The summed E-state index contributed by atoms with van der Waals surface area (Å²) in [5, 5.41) is 26.6. The van der Waals surface area contributed by atoms with Crippen LogP contribution in [-0.4, -0.2) is 74.8 Å². The molecule has 0 fully saturated rings. The normalized spacial score (nSPS) is 11.8. The monoisotopic (exact) mass is 451 g/mol. The van der Waals surface area contributed by atoms with Gasteiger partial charge in [-0.3, -0.25) is 20.1 Å². The fraction of sp³-hybridized carbons (Fsp3) is 0.217. The van der Waals surface area contributed by atoms with Gasteiger partial charge in [0.05, 0.1) is 6.54 Å². The Kier molecular flexibility index (Phi) is 7.54. The van der Waals surface area contributed by atoms with Crippen molar-refractivity contribution in [3.8, 4) is 11.1 Å². The zero-order valence-electron chi connectivity index (χ0n) is 18.2. The number of carboxylic acids is 1. The molecule has 0 saturated heterocycles. The van der Waals surface area contributed by atoms with Crippen molar-refractivity contribution in [1.82, 2.24) is 25.5 Å². The molecule has 33 heavy (non-hydrogen) atoms. The molecule has 10 nitrogen and oxygen atoms in total. The van der Waals surface area contributed by atoms with E-state index in [2.05, 4.69) is 15.6 Å². The summed E-state index contributed by atoms with van der Waals surface area (Å²) in [6.07, 6.45) is -1.71. The number of aliphatic hydroxyl groups is 1.